The van der Waals surface area contributed by atoms with Crippen LogP contribution in [-0.2, 0) is 5.41 Å². The monoisotopic (exact) mass is 173 g/mol. The first-order valence-electron chi connectivity index (χ1n) is 4.37. The molecule has 2 N–H and O–H groups in total. The molecule has 68 valence electrons. The molecule has 0 radical (unpaired) electrons. The molecular weight excluding hydrogens is 158 g/mol. The molecule has 0 bridgehead atoms. The van der Waals surface area contributed by atoms with E-state index in [2.05, 4.69) is 25.8 Å². The molecule has 0 atom stereocenters. The molecule has 1 aromatic rings. The standard InChI is InChI=1S/C12H15N/c1-4-10-6-5-7-11(8-10)12(2,3)9-13/h1,5-8H,9,13H2,2-3H3. The summed E-state index contributed by atoms with van der Waals surface area (Å²) in [6, 6.07) is 7.98. The van der Waals surface area contributed by atoms with Crippen molar-refractivity contribution in [1.82, 2.24) is 0 Å². The van der Waals surface area contributed by atoms with Gasteiger partial charge in [-0.3, -0.25) is 0 Å². The normalized spacial score (nSPS) is 10.9. The fourth-order valence-corrected chi connectivity index (χ4v) is 1.15. The van der Waals surface area contributed by atoms with Gasteiger partial charge in [0.2, 0.25) is 0 Å². The summed E-state index contributed by atoms with van der Waals surface area (Å²) in [5, 5.41) is 0. The first kappa shape index (κ1) is 9.83. The average Bonchev–Trinajstić information content (AvgIpc) is 2.18. The van der Waals surface area contributed by atoms with Gasteiger partial charge in [-0.1, -0.05) is 31.9 Å². The van der Waals surface area contributed by atoms with Crippen molar-refractivity contribution in [2.24, 2.45) is 5.73 Å². The van der Waals surface area contributed by atoms with Gasteiger partial charge in [0.15, 0.2) is 0 Å². The van der Waals surface area contributed by atoms with Crippen molar-refractivity contribution in [1.29, 1.82) is 0 Å². The van der Waals surface area contributed by atoms with Gasteiger partial charge in [0.1, 0.15) is 0 Å². The number of hydrogen-bond acceptors (Lipinski definition) is 1. The highest BCUT2D eigenvalue weighted by molar-refractivity contribution is 5.38. The average molecular weight is 173 g/mol. The number of nitrogens with two attached hydrogens (primary N) is 1. The summed E-state index contributed by atoms with van der Waals surface area (Å²) in [6.45, 7) is 4.85. The van der Waals surface area contributed by atoms with Crippen molar-refractivity contribution >= 4 is 0 Å². The lowest BCUT2D eigenvalue weighted by atomic mass is 9.84. The van der Waals surface area contributed by atoms with E-state index in [0.717, 1.165) is 5.56 Å². The van der Waals surface area contributed by atoms with Crippen molar-refractivity contribution in [2.45, 2.75) is 19.3 Å². The quantitative estimate of drug-likeness (QED) is 0.679. The molecule has 1 nitrogen and oxygen atoms in total. The molecule has 1 aromatic carbocycles. The maximum atomic E-state index is 5.68. The maximum absolute atomic E-state index is 5.68. The number of hydrogen-bond donors (Lipinski definition) is 1. The molecule has 0 aromatic heterocycles. The minimum atomic E-state index is 0.00681. The zero-order valence-electron chi connectivity index (χ0n) is 8.17. The van der Waals surface area contributed by atoms with Crippen LogP contribution in [0.4, 0.5) is 0 Å². The fraction of sp³-hybridized carbons (Fsp3) is 0.333. The minimum Gasteiger partial charge on any atom is -0.330 e. The van der Waals surface area contributed by atoms with E-state index in [4.69, 9.17) is 12.2 Å². The van der Waals surface area contributed by atoms with Crippen LogP contribution in [0.5, 0.6) is 0 Å². The molecule has 0 spiro atoms. The molecule has 1 rings (SSSR count). The van der Waals surface area contributed by atoms with Crippen LogP contribution in [0.25, 0.3) is 0 Å². The molecule has 0 heterocycles. The van der Waals surface area contributed by atoms with E-state index in [1.807, 2.05) is 18.2 Å². The molecular formula is C12H15N. The minimum absolute atomic E-state index is 0.00681. The third-order valence-electron chi connectivity index (χ3n) is 2.32. The highest BCUT2D eigenvalue weighted by Gasteiger charge is 2.17. The highest BCUT2D eigenvalue weighted by Crippen LogP contribution is 2.22. The number of rotatable bonds is 2. The predicted molar refractivity (Wildman–Crippen MR) is 56.5 cm³/mol. The molecule has 0 fully saturated rings. The molecule has 13 heavy (non-hydrogen) atoms. The Hall–Kier alpha value is -1.26. The molecule has 0 saturated heterocycles. The van der Waals surface area contributed by atoms with Gasteiger partial charge in [-0.15, -0.1) is 6.42 Å². The Morgan fingerprint density at radius 2 is 2.15 bits per heavy atom. The molecule has 1 heteroatoms. The molecule has 0 aliphatic carbocycles. The van der Waals surface area contributed by atoms with Crippen molar-refractivity contribution in [2.75, 3.05) is 6.54 Å². The summed E-state index contributed by atoms with van der Waals surface area (Å²) in [7, 11) is 0. The van der Waals surface area contributed by atoms with E-state index in [-0.39, 0.29) is 5.41 Å². The Morgan fingerprint density at radius 1 is 1.46 bits per heavy atom. The Morgan fingerprint density at radius 3 is 2.69 bits per heavy atom. The second-order valence-electron chi connectivity index (χ2n) is 3.81. The number of terminal acetylenes is 1. The van der Waals surface area contributed by atoms with Gasteiger partial charge >= 0.3 is 0 Å². The van der Waals surface area contributed by atoms with Crippen molar-refractivity contribution < 1.29 is 0 Å². The van der Waals surface area contributed by atoms with Crippen molar-refractivity contribution in [3.8, 4) is 12.3 Å². The van der Waals surface area contributed by atoms with Crippen LogP contribution in [0, 0.1) is 12.3 Å². The molecule has 0 aliphatic heterocycles. The Labute approximate surface area is 80.0 Å². The first-order valence-corrected chi connectivity index (χ1v) is 4.37. The van der Waals surface area contributed by atoms with Crippen LogP contribution in [0.1, 0.15) is 25.0 Å². The molecule has 0 amide bonds. The summed E-state index contributed by atoms with van der Waals surface area (Å²) in [6.07, 6.45) is 5.32. The Kier molecular flexibility index (Phi) is 2.75. The summed E-state index contributed by atoms with van der Waals surface area (Å²) < 4.78 is 0. The summed E-state index contributed by atoms with van der Waals surface area (Å²) in [4.78, 5) is 0. The zero-order chi connectivity index (χ0) is 9.90. The number of benzene rings is 1. The van der Waals surface area contributed by atoms with E-state index in [0.29, 0.717) is 6.54 Å². The van der Waals surface area contributed by atoms with Gasteiger partial charge in [-0.2, -0.15) is 0 Å². The second-order valence-corrected chi connectivity index (χ2v) is 3.81. The van der Waals surface area contributed by atoms with Gasteiger partial charge in [0, 0.05) is 17.5 Å². The third kappa shape index (κ3) is 2.11. The van der Waals surface area contributed by atoms with E-state index < -0.39 is 0 Å². The van der Waals surface area contributed by atoms with Gasteiger partial charge in [-0.25, -0.2) is 0 Å². The highest BCUT2D eigenvalue weighted by atomic mass is 14.6. The van der Waals surface area contributed by atoms with Crippen LogP contribution in [0.15, 0.2) is 24.3 Å². The first-order chi connectivity index (χ1) is 6.10. The van der Waals surface area contributed by atoms with Crippen molar-refractivity contribution in [3.63, 3.8) is 0 Å². The zero-order valence-corrected chi connectivity index (χ0v) is 8.17. The lowest BCUT2D eigenvalue weighted by Gasteiger charge is -2.23. The van der Waals surface area contributed by atoms with Crippen LogP contribution < -0.4 is 5.73 Å². The predicted octanol–water partition coefficient (Wildman–Crippen LogP) is 1.90. The second kappa shape index (κ2) is 3.64. The van der Waals surface area contributed by atoms with Gasteiger partial charge in [0.25, 0.3) is 0 Å². The van der Waals surface area contributed by atoms with Crippen LogP contribution in [0.2, 0.25) is 0 Å². The van der Waals surface area contributed by atoms with Gasteiger partial charge in [0.05, 0.1) is 0 Å². The van der Waals surface area contributed by atoms with E-state index in [1.54, 1.807) is 0 Å². The van der Waals surface area contributed by atoms with Gasteiger partial charge in [-0.05, 0) is 17.7 Å². The van der Waals surface area contributed by atoms with Crippen LogP contribution in [-0.4, -0.2) is 6.54 Å². The topological polar surface area (TPSA) is 26.0 Å². The largest absolute Gasteiger partial charge is 0.330 e. The molecule has 0 saturated carbocycles. The summed E-state index contributed by atoms with van der Waals surface area (Å²) in [5.41, 5.74) is 7.80. The lowest BCUT2D eigenvalue weighted by Crippen LogP contribution is -2.28. The SMILES string of the molecule is C#Cc1cccc(C(C)(C)CN)c1. The van der Waals surface area contributed by atoms with Gasteiger partial charge < -0.3 is 5.73 Å². The smallest absolute Gasteiger partial charge is 0.0245 e. The fourth-order valence-electron chi connectivity index (χ4n) is 1.15. The van der Waals surface area contributed by atoms with Crippen LogP contribution >= 0.6 is 0 Å². The third-order valence-corrected chi connectivity index (χ3v) is 2.32. The molecule has 0 aliphatic rings. The lowest BCUT2D eigenvalue weighted by molar-refractivity contribution is 0.539. The maximum Gasteiger partial charge on any atom is 0.0245 e. The summed E-state index contributed by atoms with van der Waals surface area (Å²) in [5.74, 6) is 2.62. The Balaban J connectivity index is 3.10. The summed E-state index contributed by atoms with van der Waals surface area (Å²) >= 11 is 0. The van der Waals surface area contributed by atoms with E-state index >= 15 is 0 Å². The van der Waals surface area contributed by atoms with E-state index in [1.165, 1.54) is 5.56 Å². The van der Waals surface area contributed by atoms with Crippen LogP contribution in [0.3, 0.4) is 0 Å². The van der Waals surface area contributed by atoms with Crippen molar-refractivity contribution in [3.05, 3.63) is 35.4 Å². The Bertz CT molecular complexity index is 331. The van der Waals surface area contributed by atoms with E-state index in [9.17, 15) is 0 Å². The molecule has 0 unspecified atom stereocenters.